The van der Waals surface area contributed by atoms with Gasteiger partial charge in [-0.1, -0.05) is 18.2 Å². The fourth-order valence-corrected chi connectivity index (χ4v) is 4.45. The van der Waals surface area contributed by atoms with Gasteiger partial charge in [0.15, 0.2) is 5.82 Å². The first-order chi connectivity index (χ1) is 14.2. The molecule has 1 aromatic carbocycles. The molecule has 0 aliphatic carbocycles. The molecule has 29 heavy (non-hydrogen) atoms. The average molecular weight is 384 g/mol. The van der Waals surface area contributed by atoms with Gasteiger partial charge in [-0.3, -0.25) is 4.98 Å². The number of aryl methyl sites for hydroxylation is 1. The number of hydrogen-bond donors (Lipinski definition) is 0. The zero-order valence-electron chi connectivity index (χ0n) is 16.6. The highest BCUT2D eigenvalue weighted by Crippen LogP contribution is 2.36. The van der Waals surface area contributed by atoms with Crippen molar-refractivity contribution in [3.63, 3.8) is 0 Å². The van der Waals surface area contributed by atoms with Crippen molar-refractivity contribution in [2.45, 2.75) is 25.7 Å². The Labute approximate surface area is 170 Å². The van der Waals surface area contributed by atoms with Crippen LogP contribution in [0.5, 0.6) is 0 Å². The van der Waals surface area contributed by atoms with E-state index in [0.717, 1.165) is 61.9 Å². The third-order valence-electron chi connectivity index (χ3n) is 6.14. The van der Waals surface area contributed by atoms with Gasteiger partial charge in [-0.25, -0.2) is 9.97 Å². The number of para-hydroxylation sites is 1. The maximum Gasteiger partial charge on any atom is 0.150 e. The summed E-state index contributed by atoms with van der Waals surface area (Å²) in [6.45, 7) is 5.71. The Kier molecular flexibility index (Phi) is 4.51. The molecule has 0 saturated carbocycles. The molecule has 2 fully saturated rings. The van der Waals surface area contributed by atoms with Crippen LogP contribution in [0.4, 0.5) is 11.6 Å². The summed E-state index contributed by atoms with van der Waals surface area (Å²) in [6.07, 6.45) is 5.39. The first-order valence-electron chi connectivity index (χ1n) is 10.3. The second-order valence-corrected chi connectivity index (χ2v) is 8.08. The molecule has 0 radical (unpaired) electrons. The van der Waals surface area contributed by atoms with Gasteiger partial charge >= 0.3 is 0 Å². The molecule has 2 aliphatic heterocycles. The molecule has 0 amide bonds. The predicted molar refractivity (Wildman–Crippen MR) is 114 cm³/mol. The summed E-state index contributed by atoms with van der Waals surface area (Å²) in [7, 11) is 0. The lowest BCUT2D eigenvalue weighted by Crippen LogP contribution is -2.47. The lowest BCUT2D eigenvalue weighted by Gasteiger charge is -2.42. The summed E-state index contributed by atoms with van der Waals surface area (Å²) in [5, 5.41) is 10.3. The minimum atomic E-state index is 0.174. The first kappa shape index (κ1) is 17.9. The van der Waals surface area contributed by atoms with E-state index in [1.165, 1.54) is 10.9 Å². The van der Waals surface area contributed by atoms with Gasteiger partial charge in [0.25, 0.3) is 0 Å². The van der Waals surface area contributed by atoms with E-state index in [4.69, 9.17) is 15.2 Å². The van der Waals surface area contributed by atoms with Crippen molar-refractivity contribution >= 4 is 22.5 Å². The van der Waals surface area contributed by atoms with Crippen LogP contribution in [-0.2, 0) is 0 Å². The van der Waals surface area contributed by atoms with Gasteiger partial charge in [0.05, 0.1) is 17.3 Å². The van der Waals surface area contributed by atoms with Gasteiger partial charge in [0.2, 0.25) is 0 Å². The van der Waals surface area contributed by atoms with Gasteiger partial charge < -0.3 is 9.80 Å². The molecule has 0 atom stereocenters. The van der Waals surface area contributed by atoms with Crippen LogP contribution in [0.25, 0.3) is 10.9 Å². The monoisotopic (exact) mass is 384 g/mol. The Hall–Kier alpha value is -3.20. The van der Waals surface area contributed by atoms with E-state index < -0.39 is 0 Å². The van der Waals surface area contributed by atoms with Crippen molar-refractivity contribution in [1.29, 1.82) is 5.26 Å². The van der Waals surface area contributed by atoms with E-state index in [0.29, 0.717) is 5.92 Å². The van der Waals surface area contributed by atoms with Gasteiger partial charge in [-0.15, -0.1) is 0 Å². The largest absolute Gasteiger partial charge is 0.355 e. The highest BCUT2D eigenvalue weighted by Gasteiger charge is 2.34. The number of pyridine rings is 1. The van der Waals surface area contributed by atoms with Crippen LogP contribution in [0, 0.1) is 24.2 Å². The topological polar surface area (TPSA) is 68.9 Å². The fraction of sp³-hybridized carbons (Fsp3) is 0.391. The van der Waals surface area contributed by atoms with Crippen LogP contribution >= 0.6 is 0 Å². The first-order valence-corrected chi connectivity index (χ1v) is 10.3. The SMILES string of the molecule is Cc1cc2ccccc2nc1N1CC(c2nccnc2N2CCC(C#N)CC2)C1. The molecule has 0 bridgehead atoms. The molecule has 5 rings (SSSR count). The van der Waals surface area contributed by atoms with Gasteiger partial charge in [-0.2, -0.15) is 5.26 Å². The smallest absolute Gasteiger partial charge is 0.150 e. The van der Waals surface area contributed by atoms with E-state index >= 15 is 0 Å². The molecule has 6 nitrogen and oxygen atoms in total. The summed E-state index contributed by atoms with van der Waals surface area (Å²) >= 11 is 0. The fourth-order valence-electron chi connectivity index (χ4n) is 4.45. The molecule has 0 N–H and O–H groups in total. The highest BCUT2D eigenvalue weighted by molar-refractivity contribution is 5.82. The molecule has 2 aromatic heterocycles. The predicted octanol–water partition coefficient (Wildman–Crippen LogP) is 3.68. The molecule has 3 aromatic rings. The zero-order chi connectivity index (χ0) is 19.8. The third-order valence-corrected chi connectivity index (χ3v) is 6.14. The van der Waals surface area contributed by atoms with Crippen molar-refractivity contribution < 1.29 is 0 Å². The average Bonchev–Trinajstić information content (AvgIpc) is 2.73. The summed E-state index contributed by atoms with van der Waals surface area (Å²) in [6, 6.07) is 12.9. The molecule has 0 spiro atoms. The maximum atomic E-state index is 9.16. The van der Waals surface area contributed by atoms with Crippen LogP contribution in [0.2, 0.25) is 0 Å². The summed E-state index contributed by atoms with van der Waals surface area (Å²) < 4.78 is 0. The highest BCUT2D eigenvalue weighted by atomic mass is 15.3. The number of nitriles is 1. The van der Waals surface area contributed by atoms with Crippen LogP contribution in [-0.4, -0.2) is 41.1 Å². The summed E-state index contributed by atoms with van der Waals surface area (Å²) in [5.74, 6) is 2.60. The van der Waals surface area contributed by atoms with Crippen LogP contribution in [0.15, 0.2) is 42.7 Å². The second kappa shape index (κ2) is 7.32. The zero-order valence-corrected chi connectivity index (χ0v) is 16.6. The summed E-state index contributed by atoms with van der Waals surface area (Å²) in [4.78, 5) is 18.9. The molecule has 146 valence electrons. The number of benzene rings is 1. The Morgan fingerprint density at radius 1 is 1.00 bits per heavy atom. The lowest BCUT2D eigenvalue weighted by atomic mass is 9.93. The van der Waals surface area contributed by atoms with Crippen molar-refractivity contribution in [2.24, 2.45) is 5.92 Å². The molecular formula is C23H24N6. The minimum absolute atomic E-state index is 0.174. The third kappa shape index (κ3) is 3.27. The summed E-state index contributed by atoms with van der Waals surface area (Å²) in [5.41, 5.74) is 3.33. The van der Waals surface area contributed by atoms with Crippen molar-refractivity contribution in [3.8, 4) is 6.07 Å². The van der Waals surface area contributed by atoms with E-state index in [-0.39, 0.29) is 5.92 Å². The standard InChI is InChI=1S/C23H24N6/c1-16-12-18-4-2-3-5-20(18)27-22(16)29-14-19(15-29)21-23(26-9-8-25-21)28-10-6-17(13-24)7-11-28/h2-5,8-9,12,17,19H,6-7,10-11,14-15H2,1H3. The molecule has 2 aliphatic rings. The quantitative estimate of drug-likeness (QED) is 0.686. The van der Waals surface area contributed by atoms with E-state index in [9.17, 15) is 0 Å². The number of fused-ring (bicyclic) bond motifs is 1. The van der Waals surface area contributed by atoms with Gasteiger partial charge in [0.1, 0.15) is 5.82 Å². The lowest BCUT2D eigenvalue weighted by molar-refractivity contribution is 0.473. The van der Waals surface area contributed by atoms with Gasteiger partial charge in [0, 0.05) is 55.8 Å². The Balaban J connectivity index is 1.34. The number of piperidine rings is 1. The van der Waals surface area contributed by atoms with E-state index in [1.54, 1.807) is 12.4 Å². The minimum Gasteiger partial charge on any atom is -0.355 e. The van der Waals surface area contributed by atoms with Crippen molar-refractivity contribution in [1.82, 2.24) is 15.0 Å². The molecular weight excluding hydrogens is 360 g/mol. The molecule has 2 saturated heterocycles. The van der Waals surface area contributed by atoms with Crippen molar-refractivity contribution in [2.75, 3.05) is 36.0 Å². The number of anilines is 2. The molecule has 0 unspecified atom stereocenters. The Morgan fingerprint density at radius 3 is 2.55 bits per heavy atom. The van der Waals surface area contributed by atoms with Crippen LogP contribution in [0.1, 0.15) is 30.0 Å². The van der Waals surface area contributed by atoms with Crippen LogP contribution in [0.3, 0.4) is 0 Å². The van der Waals surface area contributed by atoms with Crippen LogP contribution < -0.4 is 9.80 Å². The number of aromatic nitrogens is 3. The number of rotatable bonds is 3. The Bertz CT molecular complexity index is 1070. The van der Waals surface area contributed by atoms with E-state index in [1.807, 2.05) is 6.07 Å². The number of nitrogens with zero attached hydrogens (tertiary/aromatic N) is 6. The number of hydrogen-bond acceptors (Lipinski definition) is 6. The van der Waals surface area contributed by atoms with E-state index in [2.05, 4.69) is 52.0 Å². The maximum absolute atomic E-state index is 9.16. The molecule has 4 heterocycles. The normalized spacial score (nSPS) is 17.9. The molecule has 6 heteroatoms. The Morgan fingerprint density at radius 2 is 1.76 bits per heavy atom. The van der Waals surface area contributed by atoms with Crippen molar-refractivity contribution in [3.05, 3.63) is 54.0 Å². The van der Waals surface area contributed by atoms with Gasteiger partial charge in [-0.05, 0) is 37.5 Å². The second-order valence-electron chi connectivity index (χ2n) is 8.08.